The fourth-order valence-electron chi connectivity index (χ4n) is 3.99. The number of rotatable bonds is 7. The molecule has 2 saturated heterocycles. The average Bonchev–Trinajstić information content (AvgIpc) is 3.17. The molecule has 0 spiro atoms. The first kappa shape index (κ1) is 21.1. The van der Waals surface area contributed by atoms with Gasteiger partial charge in [0.2, 0.25) is 0 Å². The number of likely N-dealkylation sites (N-methyl/N-ethyl adjacent to an activating group) is 2. The van der Waals surface area contributed by atoms with E-state index in [4.69, 9.17) is 9.73 Å². The van der Waals surface area contributed by atoms with Crippen molar-refractivity contribution in [3.8, 4) is 0 Å². The van der Waals surface area contributed by atoms with Crippen LogP contribution in [0.15, 0.2) is 35.3 Å². The summed E-state index contributed by atoms with van der Waals surface area (Å²) in [5.41, 5.74) is 1.24. The van der Waals surface area contributed by atoms with Crippen molar-refractivity contribution in [3.05, 3.63) is 35.9 Å². The first-order chi connectivity index (χ1) is 13.7. The summed E-state index contributed by atoms with van der Waals surface area (Å²) in [6, 6.07) is 10.9. The predicted molar refractivity (Wildman–Crippen MR) is 116 cm³/mol. The van der Waals surface area contributed by atoms with Crippen molar-refractivity contribution in [2.75, 3.05) is 66.5 Å². The lowest BCUT2D eigenvalue weighted by molar-refractivity contribution is 0.0906. The van der Waals surface area contributed by atoms with Gasteiger partial charge in [-0.05, 0) is 33.0 Å². The van der Waals surface area contributed by atoms with Crippen molar-refractivity contribution in [1.29, 1.82) is 0 Å². The normalized spacial score (nSPS) is 24.7. The van der Waals surface area contributed by atoms with Crippen LogP contribution in [0.5, 0.6) is 0 Å². The van der Waals surface area contributed by atoms with Crippen LogP contribution in [0.4, 0.5) is 0 Å². The van der Waals surface area contributed by atoms with Gasteiger partial charge in [0.1, 0.15) is 0 Å². The number of likely N-dealkylation sites (tertiary alicyclic amines) is 1. The summed E-state index contributed by atoms with van der Waals surface area (Å²) in [5.74, 6) is 1.64. The molecule has 0 radical (unpaired) electrons. The Labute approximate surface area is 170 Å². The zero-order valence-corrected chi connectivity index (χ0v) is 17.8. The smallest absolute Gasteiger partial charge is 0.193 e. The number of hydrogen-bond donors (Lipinski definition) is 1. The number of ether oxygens (including phenoxy) is 1. The lowest BCUT2D eigenvalue weighted by atomic mass is 10.1. The summed E-state index contributed by atoms with van der Waals surface area (Å²) in [5, 5.41) is 3.50. The Hall–Kier alpha value is -1.63. The van der Waals surface area contributed by atoms with Gasteiger partial charge >= 0.3 is 0 Å². The quantitative estimate of drug-likeness (QED) is 0.570. The van der Waals surface area contributed by atoms with E-state index in [9.17, 15) is 0 Å². The van der Waals surface area contributed by atoms with Gasteiger partial charge < -0.3 is 19.9 Å². The Morgan fingerprint density at radius 1 is 1.14 bits per heavy atom. The lowest BCUT2D eigenvalue weighted by Crippen LogP contribution is -2.51. The standard InChI is InChI=1S/C22H37N5O/c1-4-23-22(24-14-21-16-25(2)12-13-26(21)3)27-11-10-20(15-27)18-28-17-19-8-6-5-7-9-19/h5-9,20-21H,4,10-18H2,1-3H3,(H,23,24). The number of hydrogen-bond acceptors (Lipinski definition) is 4. The van der Waals surface area contributed by atoms with Crippen LogP contribution >= 0.6 is 0 Å². The molecule has 6 heteroatoms. The maximum absolute atomic E-state index is 5.97. The van der Waals surface area contributed by atoms with Gasteiger partial charge in [-0.25, -0.2) is 0 Å². The van der Waals surface area contributed by atoms with Crippen LogP contribution in [0.1, 0.15) is 18.9 Å². The second-order valence-corrected chi connectivity index (χ2v) is 8.19. The van der Waals surface area contributed by atoms with Crippen LogP contribution in [0.2, 0.25) is 0 Å². The third-order valence-corrected chi connectivity index (χ3v) is 5.82. The summed E-state index contributed by atoms with van der Waals surface area (Å²) in [6.45, 7) is 10.9. The van der Waals surface area contributed by atoms with Crippen LogP contribution in [-0.2, 0) is 11.3 Å². The number of piperazine rings is 1. The molecule has 28 heavy (non-hydrogen) atoms. The van der Waals surface area contributed by atoms with Crippen molar-refractivity contribution in [1.82, 2.24) is 20.0 Å². The number of benzene rings is 1. The molecular weight excluding hydrogens is 350 g/mol. The molecular formula is C22H37N5O. The number of nitrogens with zero attached hydrogens (tertiary/aromatic N) is 4. The van der Waals surface area contributed by atoms with E-state index >= 15 is 0 Å². The predicted octanol–water partition coefficient (Wildman–Crippen LogP) is 1.74. The molecule has 2 aliphatic rings. The minimum atomic E-state index is 0.500. The van der Waals surface area contributed by atoms with Gasteiger partial charge in [0.25, 0.3) is 0 Å². The van der Waals surface area contributed by atoms with Crippen LogP contribution in [0, 0.1) is 5.92 Å². The Morgan fingerprint density at radius 3 is 2.75 bits per heavy atom. The van der Waals surface area contributed by atoms with Gasteiger partial charge in [-0.2, -0.15) is 0 Å². The van der Waals surface area contributed by atoms with E-state index in [0.717, 1.165) is 58.4 Å². The Morgan fingerprint density at radius 2 is 1.96 bits per heavy atom. The van der Waals surface area contributed by atoms with Crippen molar-refractivity contribution >= 4 is 5.96 Å². The van der Waals surface area contributed by atoms with Crippen molar-refractivity contribution < 1.29 is 4.74 Å². The Balaban J connectivity index is 1.47. The van der Waals surface area contributed by atoms with E-state index in [1.807, 2.05) is 6.07 Å². The van der Waals surface area contributed by atoms with E-state index in [-0.39, 0.29) is 0 Å². The highest BCUT2D eigenvalue weighted by atomic mass is 16.5. The molecule has 2 aliphatic heterocycles. The maximum atomic E-state index is 5.97. The molecule has 0 bridgehead atoms. The van der Waals surface area contributed by atoms with Gasteiger partial charge in [-0.15, -0.1) is 0 Å². The molecule has 2 atom stereocenters. The third-order valence-electron chi connectivity index (χ3n) is 5.82. The van der Waals surface area contributed by atoms with Crippen molar-refractivity contribution in [2.24, 2.45) is 10.9 Å². The summed E-state index contributed by atoms with van der Waals surface area (Å²) in [7, 11) is 4.42. The monoisotopic (exact) mass is 387 g/mol. The molecule has 1 aromatic rings. The molecule has 3 rings (SSSR count). The molecule has 0 amide bonds. The molecule has 0 saturated carbocycles. The summed E-state index contributed by atoms with van der Waals surface area (Å²) >= 11 is 0. The fraction of sp³-hybridized carbons (Fsp3) is 0.682. The molecule has 156 valence electrons. The first-order valence-corrected chi connectivity index (χ1v) is 10.7. The molecule has 0 aromatic heterocycles. The summed E-state index contributed by atoms with van der Waals surface area (Å²) in [6.07, 6.45) is 1.17. The van der Waals surface area contributed by atoms with Crippen LogP contribution in [0.25, 0.3) is 0 Å². The van der Waals surface area contributed by atoms with Crippen LogP contribution < -0.4 is 5.32 Å². The zero-order chi connectivity index (χ0) is 19.8. The first-order valence-electron chi connectivity index (χ1n) is 10.7. The summed E-state index contributed by atoms with van der Waals surface area (Å²) in [4.78, 5) is 12.2. The topological polar surface area (TPSA) is 43.3 Å². The highest BCUT2D eigenvalue weighted by Gasteiger charge is 2.26. The van der Waals surface area contributed by atoms with E-state index in [2.05, 4.69) is 65.3 Å². The van der Waals surface area contributed by atoms with Crippen LogP contribution in [0.3, 0.4) is 0 Å². The Bertz CT molecular complexity index is 608. The highest BCUT2D eigenvalue weighted by molar-refractivity contribution is 5.80. The number of aliphatic imine (C=N–C) groups is 1. The van der Waals surface area contributed by atoms with E-state index in [0.29, 0.717) is 18.6 Å². The van der Waals surface area contributed by atoms with Gasteiger partial charge in [-0.1, -0.05) is 30.3 Å². The number of guanidine groups is 1. The Kier molecular flexibility index (Phi) is 8.13. The molecule has 6 nitrogen and oxygen atoms in total. The van der Waals surface area contributed by atoms with Crippen molar-refractivity contribution in [3.63, 3.8) is 0 Å². The second kappa shape index (κ2) is 10.8. The van der Waals surface area contributed by atoms with E-state index < -0.39 is 0 Å². The summed E-state index contributed by atoms with van der Waals surface area (Å²) < 4.78 is 5.97. The third kappa shape index (κ3) is 6.19. The molecule has 2 heterocycles. The molecule has 2 unspecified atom stereocenters. The van der Waals surface area contributed by atoms with E-state index in [1.165, 1.54) is 12.0 Å². The lowest BCUT2D eigenvalue weighted by Gasteiger charge is -2.37. The molecule has 2 fully saturated rings. The van der Waals surface area contributed by atoms with Gasteiger partial charge in [0.15, 0.2) is 5.96 Å². The number of nitrogens with one attached hydrogen (secondary N) is 1. The van der Waals surface area contributed by atoms with Crippen LogP contribution in [-0.4, -0.2) is 93.2 Å². The zero-order valence-electron chi connectivity index (χ0n) is 17.8. The minimum Gasteiger partial charge on any atom is -0.376 e. The van der Waals surface area contributed by atoms with Gasteiger partial charge in [0, 0.05) is 51.2 Å². The average molecular weight is 388 g/mol. The van der Waals surface area contributed by atoms with Gasteiger partial charge in [-0.3, -0.25) is 9.89 Å². The highest BCUT2D eigenvalue weighted by Crippen LogP contribution is 2.18. The van der Waals surface area contributed by atoms with E-state index in [1.54, 1.807) is 0 Å². The minimum absolute atomic E-state index is 0.500. The van der Waals surface area contributed by atoms with Gasteiger partial charge in [0.05, 0.1) is 19.8 Å². The largest absolute Gasteiger partial charge is 0.376 e. The molecule has 1 N–H and O–H groups in total. The maximum Gasteiger partial charge on any atom is 0.193 e. The SMILES string of the molecule is CCNC(=NCC1CN(C)CCN1C)N1CCC(COCc2ccccc2)C1. The molecule has 1 aromatic carbocycles. The fourth-order valence-corrected chi connectivity index (χ4v) is 3.99. The molecule has 0 aliphatic carbocycles. The second-order valence-electron chi connectivity index (χ2n) is 8.19. The van der Waals surface area contributed by atoms with Crippen molar-refractivity contribution in [2.45, 2.75) is 26.0 Å².